The van der Waals surface area contributed by atoms with Crippen LogP contribution >= 0.6 is 11.3 Å². The normalized spacial score (nSPS) is 10.8. The Labute approximate surface area is 108 Å². The van der Waals surface area contributed by atoms with Gasteiger partial charge in [-0.05, 0) is 13.0 Å². The Kier molecular flexibility index (Phi) is 7.16. The fraction of sp³-hybridized carbons (Fsp3) is 0.750. The van der Waals surface area contributed by atoms with Gasteiger partial charge in [-0.25, -0.2) is 4.98 Å². The molecule has 1 heterocycles. The molecule has 0 aliphatic rings. The van der Waals surface area contributed by atoms with Crippen LogP contribution in [0.25, 0.3) is 0 Å². The van der Waals surface area contributed by atoms with Gasteiger partial charge in [-0.1, -0.05) is 13.8 Å². The molecule has 0 spiro atoms. The van der Waals surface area contributed by atoms with Gasteiger partial charge in [0.15, 0.2) is 5.13 Å². The molecule has 0 aliphatic carbocycles. The highest BCUT2D eigenvalue weighted by Gasteiger charge is 2.09. The van der Waals surface area contributed by atoms with Crippen LogP contribution in [0.3, 0.4) is 0 Å². The molecule has 0 amide bonds. The van der Waals surface area contributed by atoms with Crippen molar-refractivity contribution in [2.45, 2.75) is 26.8 Å². The Hall–Kier alpha value is -0.650. The molecule has 1 rings (SSSR count). The molecule has 5 heteroatoms. The first kappa shape index (κ1) is 14.4. The van der Waals surface area contributed by atoms with E-state index in [1.165, 1.54) is 0 Å². The van der Waals surface area contributed by atoms with Gasteiger partial charge in [0, 0.05) is 32.1 Å². The molecular formula is C12H23N3OS. The van der Waals surface area contributed by atoms with Crippen molar-refractivity contribution in [3.05, 3.63) is 11.1 Å². The summed E-state index contributed by atoms with van der Waals surface area (Å²) in [5.74, 6) is 0. The second-order valence-electron chi connectivity index (χ2n) is 3.88. The summed E-state index contributed by atoms with van der Waals surface area (Å²) in [4.78, 5) is 6.94. The van der Waals surface area contributed by atoms with Crippen molar-refractivity contribution in [3.8, 4) is 0 Å². The predicted octanol–water partition coefficient (Wildman–Crippen LogP) is 2.12. The quantitative estimate of drug-likeness (QED) is 0.735. The fourth-order valence-corrected chi connectivity index (χ4v) is 2.43. The molecule has 4 nitrogen and oxygen atoms in total. The number of rotatable bonds is 9. The van der Waals surface area contributed by atoms with Crippen molar-refractivity contribution in [2.24, 2.45) is 0 Å². The zero-order valence-corrected chi connectivity index (χ0v) is 11.8. The molecule has 17 heavy (non-hydrogen) atoms. The number of nitrogens with zero attached hydrogens (tertiary/aromatic N) is 2. The molecule has 0 saturated heterocycles. The van der Waals surface area contributed by atoms with Crippen LogP contribution in [0.4, 0.5) is 5.13 Å². The minimum Gasteiger partial charge on any atom is -0.383 e. The van der Waals surface area contributed by atoms with E-state index in [1.54, 1.807) is 18.4 Å². The van der Waals surface area contributed by atoms with Gasteiger partial charge >= 0.3 is 0 Å². The molecule has 0 atom stereocenters. The van der Waals surface area contributed by atoms with Crippen LogP contribution in [0.1, 0.15) is 26.0 Å². The van der Waals surface area contributed by atoms with Gasteiger partial charge in [-0.3, -0.25) is 0 Å². The molecule has 1 N–H and O–H groups in total. The highest BCUT2D eigenvalue weighted by molar-refractivity contribution is 7.13. The molecule has 0 bridgehead atoms. The van der Waals surface area contributed by atoms with E-state index >= 15 is 0 Å². The standard InChI is InChI=1S/C12H23N3OS/c1-4-6-15(7-8-16-3)12-14-11(10-17-12)9-13-5-2/h10,13H,4-9H2,1-3H3. The van der Waals surface area contributed by atoms with Gasteiger partial charge < -0.3 is 15.0 Å². The largest absolute Gasteiger partial charge is 0.383 e. The van der Waals surface area contributed by atoms with Gasteiger partial charge in [-0.15, -0.1) is 11.3 Å². The first-order valence-electron chi connectivity index (χ1n) is 6.20. The lowest BCUT2D eigenvalue weighted by atomic mass is 10.4. The minimum absolute atomic E-state index is 0.752. The lowest BCUT2D eigenvalue weighted by molar-refractivity contribution is 0.205. The molecule has 0 aliphatic heterocycles. The molecule has 98 valence electrons. The summed E-state index contributed by atoms with van der Waals surface area (Å²) in [6.45, 7) is 8.84. The Morgan fingerprint density at radius 3 is 2.88 bits per heavy atom. The second-order valence-corrected chi connectivity index (χ2v) is 4.72. The summed E-state index contributed by atoms with van der Waals surface area (Å²) >= 11 is 1.72. The van der Waals surface area contributed by atoms with Gasteiger partial charge in [0.05, 0.1) is 12.3 Å². The molecule has 0 unspecified atom stereocenters. The number of anilines is 1. The zero-order valence-electron chi connectivity index (χ0n) is 11.0. The molecule has 1 aromatic rings. The van der Waals surface area contributed by atoms with E-state index in [9.17, 15) is 0 Å². The maximum absolute atomic E-state index is 5.13. The van der Waals surface area contributed by atoms with Crippen LogP contribution in [0.5, 0.6) is 0 Å². The van der Waals surface area contributed by atoms with Crippen LogP contribution in [0.2, 0.25) is 0 Å². The molecule has 0 fully saturated rings. The lowest BCUT2D eigenvalue weighted by Gasteiger charge is -2.20. The van der Waals surface area contributed by atoms with Crippen molar-refractivity contribution < 1.29 is 4.74 Å². The Morgan fingerprint density at radius 2 is 2.24 bits per heavy atom. The van der Waals surface area contributed by atoms with Gasteiger partial charge in [0.25, 0.3) is 0 Å². The van der Waals surface area contributed by atoms with E-state index in [1.807, 2.05) is 0 Å². The summed E-state index contributed by atoms with van der Waals surface area (Å²) in [6.07, 6.45) is 1.13. The zero-order chi connectivity index (χ0) is 12.5. The van der Waals surface area contributed by atoms with E-state index < -0.39 is 0 Å². The van der Waals surface area contributed by atoms with Gasteiger partial charge in [0.2, 0.25) is 0 Å². The number of thiazole rings is 1. The average molecular weight is 257 g/mol. The topological polar surface area (TPSA) is 37.4 Å². The minimum atomic E-state index is 0.752. The van der Waals surface area contributed by atoms with Crippen molar-refractivity contribution in [1.82, 2.24) is 10.3 Å². The average Bonchev–Trinajstić information content (AvgIpc) is 2.80. The SMILES string of the molecule is CCCN(CCOC)c1nc(CNCC)cs1. The predicted molar refractivity (Wildman–Crippen MR) is 73.9 cm³/mol. The maximum Gasteiger partial charge on any atom is 0.185 e. The van der Waals surface area contributed by atoms with Crippen LogP contribution in [0.15, 0.2) is 5.38 Å². The van der Waals surface area contributed by atoms with Crippen molar-refractivity contribution in [3.63, 3.8) is 0 Å². The van der Waals surface area contributed by atoms with E-state index in [4.69, 9.17) is 4.74 Å². The number of aromatic nitrogens is 1. The number of ether oxygens (including phenoxy) is 1. The molecule has 0 saturated carbocycles. The van der Waals surface area contributed by atoms with E-state index in [2.05, 4.69) is 34.4 Å². The fourth-order valence-electron chi connectivity index (χ4n) is 1.55. The third kappa shape index (κ3) is 5.02. The summed E-state index contributed by atoms with van der Waals surface area (Å²) in [5.41, 5.74) is 1.13. The van der Waals surface area contributed by atoms with Crippen LogP contribution in [-0.4, -0.2) is 38.3 Å². The summed E-state index contributed by atoms with van der Waals surface area (Å²) in [5, 5.41) is 6.53. The smallest absolute Gasteiger partial charge is 0.185 e. The van der Waals surface area contributed by atoms with Crippen molar-refractivity contribution in [2.75, 3.05) is 38.3 Å². The van der Waals surface area contributed by atoms with E-state index in [-0.39, 0.29) is 0 Å². The van der Waals surface area contributed by atoms with E-state index in [0.29, 0.717) is 0 Å². The Morgan fingerprint density at radius 1 is 1.41 bits per heavy atom. The van der Waals surface area contributed by atoms with E-state index in [0.717, 1.165) is 50.0 Å². The Balaban J connectivity index is 2.56. The molecule has 0 aromatic carbocycles. The highest BCUT2D eigenvalue weighted by atomic mass is 32.1. The lowest BCUT2D eigenvalue weighted by Crippen LogP contribution is -2.28. The maximum atomic E-state index is 5.13. The van der Waals surface area contributed by atoms with Gasteiger partial charge in [0.1, 0.15) is 0 Å². The van der Waals surface area contributed by atoms with Crippen molar-refractivity contribution >= 4 is 16.5 Å². The van der Waals surface area contributed by atoms with Crippen LogP contribution < -0.4 is 10.2 Å². The van der Waals surface area contributed by atoms with Crippen LogP contribution in [-0.2, 0) is 11.3 Å². The summed E-state index contributed by atoms with van der Waals surface area (Å²) < 4.78 is 5.13. The molecule has 1 aromatic heterocycles. The van der Waals surface area contributed by atoms with Crippen LogP contribution in [0, 0.1) is 0 Å². The molecular weight excluding hydrogens is 234 g/mol. The second kappa shape index (κ2) is 8.44. The summed E-state index contributed by atoms with van der Waals surface area (Å²) in [7, 11) is 1.74. The monoisotopic (exact) mass is 257 g/mol. The third-order valence-corrected chi connectivity index (χ3v) is 3.38. The molecule has 0 radical (unpaired) electrons. The van der Waals surface area contributed by atoms with Gasteiger partial charge in [-0.2, -0.15) is 0 Å². The number of hydrogen-bond donors (Lipinski definition) is 1. The first-order chi connectivity index (χ1) is 8.31. The first-order valence-corrected chi connectivity index (χ1v) is 7.08. The number of hydrogen-bond acceptors (Lipinski definition) is 5. The summed E-state index contributed by atoms with van der Waals surface area (Å²) in [6, 6.07) is 0. The Bertz CT molecular complexity index is 304. The third-order valence-electron chi connectivity index (χ3n) is 2.43. The van der Waals surface area contributed by atoms with Crippen molar-refractivity contribution in [1.29, 1.82) is 0 Å². The highest BCUT2D eigenvalue weighted by Crippen LogP contribution is 2.20. The number of methoxy groups -OCH3 is 1. The number of nitrogens with one attached hydrogen (secondary N) is 1.